The number of aromatic nitrogens is 6. The minimum atomic E-state index is -3.89. The molecule has 1 aliphatic rings. The van der Waals surface area contributed by atoms with Gasteiger partial charge < -0.3 is 24.0 Å². The molecule has 1 fully saturated rings. The Morgan fingerprint density at radius 2 is 1.76 bits per heavy atom. The first-order valence-corrected chi connectivity index (χ1v) is 17.7. The lowest BCUT2D eigenvalue weighted by molar-refractivity contribution is -0.0405. The van der Waals surface area contributed by atoms with Crippen molar-refractivity contribution in [2.75, 3.05) is 43.9 Å². The van der Waals surface area contributed by atoms with Crippen molar-refractivity contribution in [2.45, 2.75) is 43.9 Å². The van der Waals surface area contributed by atoms with E-state index in [-0.39, 0.29) is 30.3 Å². The van der Waals surface area contributed by atoms with Crippen LogP contribution in [0.4, 0.5) is 32.1 Å². The number of ether oxygens (including phenoxy) is 3. The molecule has 1 atom stereocenters. The molecule has 5 aromatic rings. The SMILES string of the molecule is COc1ccc(CN(c2cc(C)n(C3CCCCO3)n2)c2nc(N(C)c3c(F)cc(S(C)(=O)=O)cc3F)nc(-c3cnn(C)c3)c2OC)cc1. The third kappa shape index (κ3) is 6.98. The first kappa shape index (κ1) is 34.8. The van der Waals surface area contributed by atoms with Crippen LogP contribution in [0.1, 0.15) is 36.7 Å². The van der Waals surface area contributed by atoms with Gasteiger partial charge in [-0.05, 0) is 56.0 Å². The van der Waals surface area contributed by atoms with Crippen LogP contribution in [0, 0.1) is 18.6 Å². The van der Waals surface area contributed by atoms with Crippen LogP contribution in [0.25, 0.3) is 11.3 Å². The van der Waals surface area contributed by atoms with E-state index in [1.807, 2.05) is 46.8 Å². The normalized spacial score (nSPS) is 14.8. The minimum absolute atomic E-state index is 0.101. The Morgan fingerprint density at radius 3 is 2.34 bits per heavy atom. The fourth-order valence-electron chi connectivity index (χ4n) is 5.85. The largest absolute Gasteiger partial charge is 0.497 e. The van der Waals surface area contributed by atoms with Crippen LogP contribution in [0.15, 0.2) is 59.8 Å². The predicted octanol–water partition coefficient (Wildman–Crippen LogP) is 5.89. The number of nitrogens with zero attached hydrogens (tertiary/aromatic N) is 8. The number of anilines is 4. The first-order valence-electron chi connectivity index (χ1n) is 15.8. The lowest BCUT2D eigenvalue weighted by Gasteiger charge is -2.27. The smallest absolute Gasteiger partial charge is 0.232 e. The maximum atomic E-state index is 15.6. The summed E-state index contributed by atoms with van der Waals surface area (Å²) in [5.74, 6) is -0.591. The van der Waals surface area contributed by atoms with Crippen LogP contribution in [-0.2, 0) is 28.2 Å². The van der Waals surface area contributed by atoms with Gasteiger partial charge in [-0.3, -0.25) is 4.68 Å². The van der Waals surface area contributed by atoms with Gasteiger partial charge >= 0.3 is 0 Å². The highest BCUT2D eigenvalue weighted by Gasteiger charge is 2.30. The van der Waals surface area contributed by atoms with Gasteiger partial charge in [0.05, 0.1) is 31.9 Å². The van der Waals surface area contributed by atoms with Crippen molar-refractivity contribution in [3.8, 4) is 22.8 Å². The first-order chi connectivity index (χ1) is 23.9. The Kier molecular flexibility index (Phi) is 9.75. The van der Waals surface area contributed by atoms with Gasteiger partial charge in [0.2, 0.25) is 5.95 Å². The molecule has 6 rings (SSSR count). The van der Waals surface area contributed by atoms with E-state index in [1.54, 1.807) is 31.2 Å². The van der Waals surface area contributed by atoms with Crippen LogP contribution in [-0.4, -0.2) is 72.1 Å². The van der Waals surface area contributed by atoms with Gasteiger partial charge in [0.15, 0.2) is 45.1 Å². The van der Waals surface area contributed by atoms with Crippen LogP contribution in [0.5, 0.6) is 11.5 Å². The van der Waals surface area contributed by atoms with Crippen LogP contribution < -0.4 is 19.3 Å². The molecule has 0 saturated carbocycles. The third-order valence-electron chi connectivity index (χ3n) is 8.44. The molecule has 0 aliphatic carbocycles. The van der Waals surface area contributed by atoms with E-state index in [0.29, 0.717) is 29.4 Å². The van der Waals surface area contributed by atoms with Gasteiger partial charge in [-0.1, -0.05) is 12.1 Å². The molecular weight excluding hydrogens is 670 g/mol. The number of hydrogen-bond acceptors (Lipinski definition) is 11. The summed E-state index contributed by atoms with van der Waals surface area (Å²) in [5.41, 5.74) is 2.05. The van der Waals surface area contributed by atoms with Gasteiger partial charge in [-0.25, -0.2) is 26.9 Å². The average molecular weight is 709 g/mol. The fourth-order valence-corrected chi connectivity index (χ4v) is 6.49. The topological polar surface area (TPSA) is 130 Å². The zero-order chi connectivity index (χ0) is 35.7. The molecule has 264 valence electrons. The summed E-state index contributed by atoms with van der Waals surface area (Å²) in [6, 6.07) is 11.0. The molecule has 0 radical (unpaired) electrons. The molecule has 4 heterocycles. The minimum Gasteiger partial charge on any atom is -0.497 e. The molecule has 2 aromatic carbocycles. The molecule has 16 heteroatoms. The number of aryl methyl sites for hydroxylation is 2. The molecule has 0 N–H and O–H groups in total. The number of halogens is 2. The Bertz CT molecular complexity index is 2090. The van der Waals surface area contributed by atoms with Gasteiger partial charge in [0, 0.05) is 50.5 Å². The molecular formula is C34H38F2N8O5S. The number of rotatable bonds is 11. The van der Waals surface area contributed by atoms with E-state index in [1.165, 1.54) is 14.2 Å². The second kappa shape index (κ2) is 14.0. The molecule has 1 aliphatic heterocycles. The second-order valence-corrected chi connectivity index (χ2v) is 14.1. The van der Waals surface area contributed by atoms with E-state index in [9.17, 15) is 8.42 Å². The van der Waals surface area contributed by atoms with Crippen LogP contribution in [0.2, 0.25) is 0 Å². The molecule has 1 unspecified atom stereocenters. The van der Waals surface area contributed by atoms with E-state index < -0.39 is 32.1 Å². The second-order valence-electron chi connectivity index (χ2n) is 12.0. The molecule has 0 bridgehead atoms. The van der Waals surface area contributed by atoms with Crippen molar-refractivity contribution in [3.63, 3.8) is 0 Å². The molecule has 3 aromatic heterocycles. The van der Waals surface area contributed by atoms with Crippen molar-refractivity contribution < 1.29 is 31.4 Å². The Hall–Kier alpha value is -5.09. The Labute approximate surface area is 289 Å². The van der Waals surface area contributed by atoms with E-state index in [4.69, 9.17) is 29.3 Å². The lowest BCUT2D eigenvalue weighted by atomic mass is 10.1. The average Bonchev–Trinajstić information content (AvgIpc) is 3.71. The highest BCUT2D eigenvalue weighted by atomic mass is 32.2. The zero-order valence-electron chi connectivity index (χ0n) is 28.6. The lowest BCUT2D eigenvalue weighted by Crippen LogP contribution is -2.24. The quantitative estimate of drug-likeness (QED) is 0.163. The highest BCUT2D eigenvalue weighted by Crippen LogP contribution is 2.42. The monoisotopic (exact) mass is 708 g/mol. The van der Waals surface area contributed by atoms with Crippen LogP contribution >= 0.6 is 0 Å². The summed E-state index contributed by atoms with van der Waals surface area (Å²) in [6.07, 6.45) is 6.77. The zero-order valence-corrected chi connectivity index (χ0v) is 29.4. The van der Waals surface area contributed by atoms with Gasteiger partial charge in [-0.15, -0.1) is 0 Å². The summed E-state index contributed by atoms with van der Waals surface area (Å²) in [7, 11) is 2.34. The van der Waals surface area contributed by atoms with Crippen molar-refractivity contribution in [3.05, 3.63) is 77.8 Å². The number of methoxy groups -OCH3 is 2. The van der Waals surface area contributed by atoms with Crippen molar-refractivity contribution in [1.82, 2.24) is 29.5 Å². The molecule has 1 saturated heterocycles. The molecule has 50 heavy (non-hydrogen) atoms. The third-order valence-corrected chi connectivity index (χ3v) is 9.53. The Morgan fingerprint density at radius 1 is 1.04 bits per heavy atom. The highest BCUT2D eigenvalue weighted by molar-refractivity contribution is 7.90. The summed E-state index contributed by atoms with van der Waals surface area (Å²) in [5, 5.41) is 9.29. The van der Waals surface area contributed by atoms with Crippen molar-refractivity contribution >= 4 is 33.1 Å². The number of sulfone groups is 1. The molecule has 0 spiro atoms. The van der Waals surface area contributed by atoms with Crippen molar-refractivity contribution in [2.24, 2.45) is 7.05 Å². The Balaban J connectivity index is 1.56. The summed E-state index contributed by atoms with van der Waals surface area (Å²) >= 11 is 0. The predicted molar refractivity (Wildman–Crippen MR) is 183 cm³/mol. The van der Waals surface area contributed by atoms with E-state index in [0.717, 1.165) is 53.8 Å². The van der Waals surface area contributed by atoms with Gasteiger partial charge in [-0.2, -0.15) is 15.2 Å². The summed E-state index contributed by atoms with van der Waals surface area (Å²) in [4.78, 5) is 12.0. The number of hydrogen-bond donors (Lipinski definition) is 0. The van der Waals surface area contributed by atoms with Crippen molar-refractivity contribution in [1.29, 1.82) is 0 Å². The molecule has 13 nitrogen and oxygen atoms in total. The summed E-state index contributed by atoms with van der Waals surface area (Å²) in [6.45, 7) is 2.83. The molecule has 0 amide bonds. The van der Waals surface area contributed by atoms with E-state index in [2.05, 4.69) is 5.10 Å². The summed E-state index contributed by atoms with van der Waals surface area (Å²) < 4.78 is 76.2. The van der Waals surface area contributed by atoms with Gasteiger partial charge in [0.1, 0.15) is 17.1 Å². The maximum absolute atomic E-state index is 15.6. The van der Waals surface area contributed by atoms with Crippen LogP contribution in [0.3, 0.4) is 0 Å². The standard InChI is InChI=1S/C34H38F2N8O5S/c1-21-15-28(40-44(21)29-9-7-8-14-49-29)43(19-22-10-12-24(47-4)13-11-22)33-32(48-5)30(23-18-37-41(2)20-23)38-34(39-33)42(3)31-26(35)16-25(17-27(31)36)50(6,45)46/h10-13,15-18,20,29H,7-9,14,19H2,1-6H3. The maximum Gasteiger partial charge on any atom is 0.232 e. The van der Waals surface area contributed by atoms with E-state index >= 15 is 8.78 Å². The van der Waals surface area contributed by atoms with Gasteiger partial charge in [0.25, 0.3) is 0 Å². The fraction of sp³-hybridized carbons (Fsp3) is 0.353. The number of benzene rings is 2.